The summed E-state index contributed by atoms with van der Waals surface area (Å²) in [4.78, 5) is 31.5. The number of fused-ring (bicyclic) bond motifs is 1. The fraction of sp³-hybridized carbons (Fsp3) is 0.556. The van der Waals surface area contributed by atoms with E-state index < -0.39 is 11.5 Å². The van der Waals surface area contributed by atoms with Crippen molar-refractivity contribution in [3.63, 3.8) is 0 Å². The van der Waals surface area contributed by atoms with Gasteiger partial charge in [0.15, 0.2) is 5.82 Å². The number of hydrogen-bond donors (Lipinski definition) is 3. The van der Waals surface area contributed by atoms with Gasteiger partial charge in [-0.25, -0.2) is 14.9 Å². The molecule has 1 aliphatic carbocycles. The summed E-state index contributed by atoms with van der Waals surface area (Å²) in [7, 11) is 3.68. The molecule has 9 nitrogen and oxygen atoms in total. The highest BCUT2D eigenvalue weighted by molar-refractivity contribution is 5.96. The highest BCUT2D eigenvalue weighted by Crippen LogP contribution is 2.22. The zero-order valence-corrected chi connectivity index (χ0v) is 16.4. The lowest BCUT2D eigenvalue weighted by Crippen LogP contribution is -2.47. The summed E-state index contributed by atoms with van der Waals surface area (Å²) in [6.07, 6.45) is 3.39. The second-order valence-corrected chi connectivity index (χ2v) is 8.44. The molecule has 9 heteroatoms. The Hall–Kier alpha value is -2.84. The minimum Gasteiger partial charge on any atom is -0.477 e. The molecule has 146 valence electrons. The van der Waals surface area contributed by atoms with Crippen LogP contribution in [0, 0.1) is 5.41 Å². The lowest BCUT2D eigenvalue weighted by atomic mass is 9.96. The molecule has 0 unspecified atom stereocenters. The number of nitrogens with zero attached hydrogens (tertiary/aromatic N) is 4. The van der Waals surface area contributed by atoms with E-state index in [1.807, 2.05) is 34.9 Å². The van der Waals surface area contributed by atoms with Crippen molar-refractivity contribution in [1.29, 1.82) is 0 Å². The summed E-state index contributed by atoms with van der Waals surface area (Å²) in [5.41, 5.74) is -0.596. The highest BCUT2D eigenvalue weighted by atomic mass is 16.3. The molecule has 3 N–H and O–H groups in total. The van der Waals surface area contributed by atoms with E-state index in [4.69, 9.17) is 0 Å². The first-order valence-electron chi connectivity index (χ1n) is 8.99. The molecule has 0 spiro atoms. The van der Waals surface area contributed by atoms with Crippen molar-refractivity contribution < 1.29 is 14.5 Å². The molecule has 27 heavy (non-hydrogen) atoms. The van der Waals surface area contributed by atoms with Gasteiger partial charge >= 0.3 is 17.1 Å². The monoisotopic (exact) mass is 375 g/mol. The number of carbonyl (C=O) groups excluding carboxylic acids is 1. The summed E-state index contributed by atoms with van der Waals surface area (Å²) in [5.74, 6) is -0.428. The van der Waals surface area contributed by atoms with Crippen molar-refractivity contribution in [2.24, 2.45) is 10.4 Å². The van der Waals surface area contributed by atoms with E-state index in [0.717, 1.165) is 12.8 Å². The van der Waals surface area contributed by atoms with Crippen LogP contribution in [0.3, 0.4) is 0 Å². The number of hydrogen-bond acceptors (Lipinski definition) is 4. The zero-order chi connectivity index (χ0) is 19.9. The third-order valence-corrected chi connectivity index (χ3v) is 4.09. The zero-order valence-electron chi connectivity index (χ0n) is 16.4. The van der Waals surface area contributed by atoms with E-state index in [0.29, 0.717) is 18.0 Å². The first-order valence-corrected chi connectivity index (χ1v) is 8.99. The molecule has 2 aromatic rings. The van der Waals surface area contributed by atoms with Gasteiger partial charge in [-0.1, -0.05) is 25.3 Å². The van der Waals surface area contributed by atoms with E-state index in [-0.39, 0.29) is 22.9 Å². The molecule has 0 bridgehead atoms. The largest absolute Gasteiger partial charge is 0.477 e. The Labute approximate surface area is 157 Å². The summed E-state index contributed by atoms with van der Waals surface area (Å²) >= 11 is 0. The Morgan fingerprint density at radius 2 is 2.15 bits per heavy atom. The molecule has 0 aliphatic heterocycles. The number of amides is 1. The van der Waals surface area contributed by atoms with Gasteiger partial charge in [0, 0.05) is 20.1 Å². The lowest BCUT2D eigenvalue weighted by molar-refractivity contribution is -0.692. The molecule has 1 amide bonds. The number of carbonyl (C=O) groups is 1. The molecular weight excluding hydrogens is 348 g/mol. The molecule has 1 saturated carbocycles. The molecule has 0 saturated heterocycles. The summed E-state index contributed by atoms with van der Waals surface area (Å²) in [5, 5.41) is 16.5. The standard InChI is InChI=1S/C18H26N6O3/c1-18(2,3)9-23-13-8-12(19-10-22(4)5)21-24(13)17(27)14(16(23)26)15(25)20-11-6-7-11/h8,10-11H,6-7,9H2,1-5H3,(H2,20,25,26,27)/p+1/b19-10+. The maximum Gasteiger partial charge on any atom is 0.378 e. The summed E-state index contributed by atoms with van der Waals surface area (Å²) < 4.78 is 2.84. The minimum absolute atomic E-state index is 0.0805. The Morgan fingerprint density at radius 1 is 1.48 bits per heavy atom. The summed E-state index contributed by atoms with van der Waals surface area (Å²) in [6, 6.07) is 1.76. The first kappa shape index (κ1) is 18.9. The van der Waals surface area contributed by atoms with Gasteiger partial charge in [-0.3, -0.25) is 4.79 Å². The van der Waals surface area contributed by atoms with Crippen LogP contribution in [-0.4, -0.2) is 52.0 Å². The van der Waals surface area contributed by atoms with Crippen LogP contribution < -0.4 is 15.4 Å². The summed E-state index contributed by atoms with van der Waals surface area (Å²) in [6.45, 7) is 6.47. The van der Waals surface area contributed by atoms with E-state index in [2.05, 4.69) is 15.4 Å². The Kier molecular flexibility index (Phi) is 4.71. The topological polar surface area (TPSA) is 106 Å². The molecule has 0 atom stereocenters. The molecular formula is C18H27N6O3+. The Bertz CT molecular complexity index is 960. The predicted octanol–water partition coefficient (Wildman–Crippen LogP) is 0.780. The van der Waals surface area contributed by atoms with Crippen LogP contribution in [0.4, 0.5) is 5.82 Å². The average Bonchev–Trinajstić information content (AvgIpc) is 3.24. The second-order valence-electron chi connectivity index (χ2n) is 8.44. The van der Waals surface area contributed by atoms with Crippen LogP contribution in [0.1, 0.15) is 44.0 Å². The van der Waals surface area contributed by atoms with Crippen molar-refractivity contribution in [3.8, 4) is 5.88 Å². The van der Waals surface area contributed by atoms with Crippen LogP contribution in [0.5, 0.6) is 5.88 Å². The maximum atomic E-state index is 12.9. The number of aromatic hydroxyl groups is 1. The average molecular weight is 375 g/mol. The van der Waals surface area contributed by atoms with Crippen molar-refractivity contribution in [3.05, 3.63) is 22.0 Å². The molecule has 0 radical (unpaired) electrons. The molecule has 2 heterocycles. The van der Waals surface area contributed by atoms with Gasteiger partial charge in [-0.05, 0) is 18.3 Å². The van der Waals surface area contributed by atoms with Gasteiger partial charge in [-0.15, -0.1) is 0 Å². The quantitative estimate of drug-likeness (QED) is 0.408. The van der Waals surface area contributed by atoms with Crippen molar-refractivity contribution >= 4 is 23.7 Å². The fourth-order valence-corrected chi connectivity index (χ4v) is 2.75. The molecule has 1 fully saturated rings. The van der Waals surface area contributed by atoms with E-state index in [1.54, 1.807) is 21.9 Å². The number of aromatic amines is 1. The predicted molar refractivity (Wildman–Crippen MR) is 102 cm³/mol. The van der Waals surface area contributed by atoms with Gasteiger partial charge < -0.3 is 15.3 Å². The molecule has 3 rings (SSSR count). The van der Waals surface area contributed by atoms with Gasteiger partial charge in [0.1, 0.15) is 0 Å². The second kappa shape index (κ2) is 6.71. The van der Waals surface area contributed by atoms with Crippen LogP contribution in [0.15, 0.2) is 15.9 Å². The van der Waals surface area contributed by atoms with Crippen molar-refractivity contribution in [1.82, 2.24) is 19.8 Å². The van der Waals surface area contributed by atoms with E-state index in [1.165, 1.54) is 4.52 Å². The van der Waals surface area contributed by atoms with Crippen LogP contribution in [0.2, 0.25) is 0 Å². The number of nitrogens with one attached hydrogen (secondary N) is 2. The number of aromatic nitrogens is 3. The van der Waals surface area contributed by atoms with Crippen LogP contribution in [-0.2, 0) is 6.54 Å². The van der Waals surface area contributed by atoms with Gasteiger partial charge in [0.25, 0.3) is 5.91 Å². The Morgan fingerprint density at radius 3 is 2.70 bits per heavy atom. The number of rotatable bonds is 5. The van der Waals surface area contributed by atoms with Gasteiger partial charge in [0.2, 0.25) is 5.56 Å². The van der Waals surface area contributed by atoms with E-state index >= 15 is 0 Å². The molecule has 0 aromatic carbocycles. The normalized spacial score (nSPS) is 14.9. The third kappa shape index (κ3) is 4.12. The van der Waals surface area contributed by atoms with E-state index in [9.17, 15) is 14.7 Å². The van der Waals surface area contributed by atoms with Gasteiger partial charge in [-0.2, -0.15) is 4.57 Å². The van der Waals surface area contributed by atoms with Crippen molar-refractivity contribution in [2.75, 3.05) is 14.1 Å². The third-order valence-electron chi connectivity index (χ3n) is 4.09. The minimum atomic E-state index is -0.600. The van der Waals surface area contributed by atoms with Crippen LogP contribution >= 0.6 is 0 Å². The molecule has 1 aliphatic rings. The Balaban J connectivity index is 2.20. The number of H-pyrrole nitrogens is 1. The van der Waals surface area contributed by atoms with Gasteiger partial charge in [0.05, 0.1) is 18.9 Å². The highest BCUT2D eigenvalue weighted by Gasteiger charge is 2.34. The maximum absolute atomic E-state index is 12.9. The fourth-order valence-electron chi connectivity index (χ4n) is 2.75. The van der Waals surface area contributed by atoms with Crippen molar-refractivity contribution in [2.45, 2.75) is 46.2 Å². The SMILES string of the molecule is CN(C)/C=N/c1cc2n([nH]1)c(=O)c(C(=O)NC1CC1)c(O)[n+]2CC(C)(C)C. The van der Waals surface area contributed by atoms with Crippen LogP contribution in [0.25, 0.3) is 5.65 Å². The first-order chi connectivity index (χ1) is 12.6. The lowest BCUT2D eigenvalue weighted by Gasteiger charge is -2.17. The smallest absolute Gasteiger partial charge is 0.378 e. The number of aliphatic imine (C=N–C) groups is 1. The molecule has 2 aromatic heterocycles.